The zero-order valence-corrected chi connectivity index (χ0v) is 13.2. The van der Waals surface area contributed by atoms with Crippen LogP contribution in [0.4, 0.5) is 4.79 Å². The van der Waals surface area contributed by atoms with Crippen molar-refractivity contribution < 1.29 is 14.3 Å². The molecule has 0 radical (unpaired) electrons. The molecule has 116 valence electrons. The maximum atomic E-state index is 11.7. The first-order valence-corrected chi connectivity index (χ1v) is 7.27. The number of hydrogen-bond donors (Lipinski definition) is 2. The van der Waals surface area contributed by atoms with Crippen molar-refractivity contribution in [1.82, 2.24) is 10.6 Å². The number of methoxy groups -OCH3 is 2. The van der Waals surface area contributed by atoms with E-state index in [-0.39, 0.29) is 17.5 Å². The van der Waals surface area contributed by atoms with E-state index in [1.807, 2.05) is 26.0 Å². The second-order valence-electron chi connectivity index (χ2n) is 5.83. The SMILES string of the molecule is COc1ccc(C2(CNC(=O)NC(C)C)CC2)cc1OC. The van der Waals surface area contributed by atoms with Gasteiger partial charge in [-0.15, -0.1) is 0 Å². The molecule has 1 aromatic rings. The fraction of sp³-hybridized carbons (Fsp3) is 0.562. The van der Waals surface area contributed by atoms with Gasteiger partial charge >= 0.3 is 6.03 Å². The van der Waals surface area contributed by atoms with Crippen LogP contribution in [0.3, 0.4) is 0 Å². The van der Waals surface area contributed by atoms with E-state index >= 15 is 0 Å². The predicted octanol–water partition coefficient (Wildman–Crippen LogP) is 2.44. The molecule has 1 aliphatic carbocycles. The Labute approximate surface area is 126 Å². The van der Waals surface area contributed by atoms with Gasteiger partial charge in [-0.3, -0.25) is 0 Å². The molecule has 1 aromatic carbocycles. The summed E-state index contributed by atoms with van der Waals surface area (Å²) in [5.74, 6) is 1.45. The molecule has 0 unspecified atom stereocenters. The molecule has 0 saturated heterocycles. The van der Waals surface area contributed by atoms with E-state index in [2.05, 4.69) is 16.7 Å². The molecule has 0 aromatic heterocycles. The van der Waals surface area contributed by atoms with Crippen molar-refractivity contribution in [1.29, 1.82) is 0 Å². The molecule has 1 saturated carbocycles. The average Bonchev–Trinajstić information content (AvgIpc) is 3.25. The highest BCUT2D eigenvalue weighted by atomic mass is 16.5. The standard InChI is InChI=1S/C16H24N2O3/c1-11(2)18-15(19)17-10-16(7-8-16)12-5-6-13(20-3)14(9-12)21-4/h5-6,9,11H,7-8,10H2,1-4H3,(H2,17,18,19). The van der Waals surface area contributed by atoms with Crippen LogP contribution in [0.15, 0.2) is 18.2 Å². The smallest absolute Gasteiger partial charge is 0.315 e. The van der Waals surface area contributed by atoms with Gasteiger partial charge in [0.05, 0.1) is 14.2 Å². The van der Waals surface area contributed by atoms with Gasteiger partial charge in [-0.2, -0.15) is 0 Å². The van der Waals surface area contributed by atoms with Gasteiger partial charge in [-0.25, -0.2) is 4.79 Å². The summed E-state index contributed by atoms with van der Waals surface area (Å²) in [4.78, 5) is 11.7. The third-order valence-electron chi connectivity index (χ3n) is 3.86. The minimum absolute atomic E-state index is 0.0356. The molecule has 5 heteroatoms. The Morgan fingerprint density at radius 3 is 2.43 bits per heavy atom. The minimum atomic E-state index is -0.114. The summed E-state index contributed by atoms with van der Waals surface area (Å²) >= 11 is 0. The van der Waals surface area contributed by atoms with Crippen molar-refractivity contribution in [2.45, 2.75) is 38.1 Å². The van der Waals surface area contributed by atoms with Crippen molar-refractivity contribution in [2.75, 3.05) is 20.8 Å². The van der Waals surface area contributed by atoms with Crippen LogP contribution in [0.5, 0.6) is 11.5 Å². The number of nitrogens with one attached hydrogen (secondary N) is 2. The lowest BCUT2D eigenvalue weighted by molar-refractivity contribution is 0.237. The molecule has 2 amide bonds. The lowest BCUT2D eigenvalue weighted by atomic mass is 9.95. The maximum absolute atomic E-state index is 11.7. The molecule has 1 aliphatic rings. The van der Waals surface area contributed by atoms with Crippen LogP contribution in [0, 0.1) is 0 Å². The highest BCUT2D eigenvalue weighted by molar-refractivity contribution is 5.74. The van der Waals surface area contributed by atoms with Crippen LogP contribution in [0.1, 0.15) is 32.3 Å². The van der Waals surface area contributed by atoms with E-state index in [9.17, 15) is 4.79 Å². The maximum Gasteiger partial charge on any atom is 0.315 e. The third kappa shape index (κ3) is 3.60. The molecule has 0 atom stereocenters. The fourth-order valence-electron chi connectivity index (χ4n) is 2.45. The molecule has 0 spiro atoms. The van der Waals surface area contributed by atoms with E-state index < -0.39 is 0 Å². The van der Waals surface area contributed by atoms with E-state index in [0.29, 0.717) is 6.54 Å². The number of ether oxygens (including phenoxy) is 2. The van der Waals surface area contributed by atoms with Crippen molar-refractivity contribution in [3.63, 3.8) is 0 Å². The van der Waals surface area contributed by atoms with Crippen LogP contribution in [0.2, 0.25) is 0 Å². The number of rotatable bonds is 6. The van der Waals surface area contributed by atoms with Gasteiger partial charge in [0.2, 0.25) is 0 Å². The van der Waals surface area contributed by atoms with Crippen molar-refractivity contribution in [3.05, 3.63) is 23.8 Å². The minimum Gasteiger partial charge on any atom is -0.493 e. The number of urea groups is 1. The zero-order chi connectivity index (χ0) is 15.5. The predicted molar refractivity (Wildman–Crippen MR) is 82.1 cm³/mol. The summed E-state index contributed by atoms with van der Waals surface area (Å²) in [7, 11) is 3.26. The first-order valence-electron chi connectivity index (χ1n) is 7.27. The lowest BCUT2D eigenvalue weighted by Gasteiger charge is -2.19. The first kappa shape index (κ1) is 15.5. The number of benzene rings is 1. The molecule has 2 N–H and O–H groups in total. The largest absolute Gasteiger partial charge is 0.493 e. The summed E-state index contributed by atoms with van der Waals surface area (Å²) in [6.07, 6.45) is 2.15. The lowest BCUT2D eigenvalue weighted by Crippen LogP contribution is -2.42. The highest BCUT2D eigenvalue weighted by Crippen LogP contribution is 2.49. The Hall–Kier alpha value is -1.91. The van der Waals surface area contributed by atoms with E-state index in [0.717, 1.165) is 24.3 Å². The third-order valence-corrected chi connectivity index (χ3v) is 3.86. The van der Waals surface area contributed by atoms with Crippen LogP contribution >= 0.6 is 0 Å². The Bertz CT molecular complexity index is 510. The van der Waals surface area contributed by atoms with Gasteiger partial charge in [0.1, 0.15) is 0 Å². The summed E-state index contributed by atoms with van der Waals surface area (Å²) < 4.78 is 10.6. The summed E-state index contributed by atoms with van der Waals surface area (Å²) in [6.45, 7) is 4.53. The number of hydrogen-bond acceptors (Lipinski definition) is 3. The van der Waals surface area contributed by atoms with Gasteiger partial charge in [0, 0.05) is 18.0 Å². The quantitative estimate of drug-likeness (QED) is 0.846. The molecule has 0 aliphatic heterocycles. The average molecular weight is 292 g/mol. The summed E-state index contributed by atoms with van der Waals surface area (Å²) in [5.41, 5.74) is 1.22. The molecular formula is C16H24N2O3. The molecule has 21 heavy (non-hydrogen) atoms. The van der Waals surface area contributed by atoms with Crippen LogP contribution in [-0.4, -0.2) is 32.8 Å². The number of amides is 2. The monoisotopic (exact) mass is 292 g/mol. The summed E-state index contributed by atoms with van der Waals surface area (Å²) in [5, 5.41) is 5.80. The molecular weight excluding hydrogens is 268 g/mol. The van der Waals surface area contributed by atoms with Gasteiger partial charge in [-0.1, -0.05) is 6.07 Å². The Morgan fingerprint density at radius 1 is 1.24 bits per heavy atom. The van der Waals surface area contributed by atoms with Crippen LogP contribution in [-0.2, 0) is 5.41 Å². The molecule has 0 heterocycles. The van der Waals surface area contributed by atoms with Gasteiger partial charge in [0.25, 0.3) is 0 Å². The normalized spacial score (nSPS) is 15.5. The van der Waals surface area contributed by atoms with Crippen LogP contribution < -0.4 is 20.1 Å². The Morgan fingerprint density at radius 2 is 1.90 bits per heavy atom. The fourth-order valence-corrected chi connectivity index (χ4v) is 2.45. The number of carbonyl (C=O) groups is 1. The van der Waals surface area contributed by atoms with Gasteiger partial charge in [0.15, 0.2) is 11.5 Å². The van der Waals surface area contributed by atoms with Crippen molar-refractivity contribution >= 4 is 6.03 Å². The van der Waals surface area contributed by atoms with E-state index in [4.69, 9.17) is 9.47 Å². The van der Waals surface area contributed by atoms with E-state index in [1.165, 1.54) is 5.56 Å². The van der Waals surface area contributed by atoms with Crippen LogP contribution in [0.25, 0.3) is 0 Å². The molecule has 0 bridgehead atoms. The van der Waals surface area contributed by atoms with Gasteiger partial charge < -0.3 is 20.1 Å². The second-order valence-corrected chi connectivity index (χ2v) is 5.83. The topological polar surface area (TPSA) is 59.6 Å². The second kappa shape index (κ2) is 6.24. The first-order chi connectivity index (χ1) is 10.0. The number of carbonyl (C=O) groups excluding carboxylic acids is 1. The Kier molecular flexibility index (Phi) is 4.60. The zero-order valence-electron chi connectivity index (χ0n) is 13.2. The Balaban J connectivity index is 2.05. The summed E-state index contributed by atoms with van der Waals surface area (Å²) in [6, 6.07) is 6.00. The van der Waals surface area contributed by atoms with Crippen molar-refractivity contribution in [2.24, 2.45) is 0 Å². The van der Waals surface area contributed by atoms with Crippen molar-refractivity contribution in [3.8, 4) is 11.5 Å². The molecule has 2 rings (SSSR count). The highest BCUT2D eigenvalue weighted by Gasteiger charge is 2.44. The molecule has 5 nitrogen and oxygen atoms in total. The van der Waals surface area contributed by atoms with Gasteiger partial charge in [-0.05, 0) is 44.4 Å². The molecule has 1 fully saturated rings. The van der Waals surface area contributed by atoms with E-state index in [1.54, 1.807) is 14.2 Å².